The number of likely N-dealkylation sites (tertiary alicyclic amines) is 1. The highest BCUT2D eigenvalue weighted by Crippen LogP contribution is 2.23. The van der Waals surface area contributed by atoms with Gasteiger partial charge >= 0.3 is 12.0 Å². The fourth-order valence-corrected chi connectivity index (χ4v) is 2.74. The third kappa shape index (κ3) is 5.19. The Bertz CT molecular complexity index is 572. The number of nitrogens with zero attached hydrogens (tertiary/aromatic N) is 1. The minimum Gasteiger partial charge on any atom is -0.481 e. The van der Waals surface area contributed by atoms with E-state index in [1.807, 2.05) is 0 Å². The molecule has 2 amide bonds. The zero-order chi connectivity index (χ0) is 16.8. The molecule has 1 saturated heterocycles. The predicted octanol–water partition coefficient (Wildman–Crippen LogP) is 2.40. The van der Waals surface area contributed by atoms with Crippen LogP contribution in [0.2, 0.25) is 0 Å². The van der Waals surface area contributed by atoms with Gasteiger partial charge in [-0.1, -0.05) is 0 Å². The third-order valence-corrected chi connectivity index (χ3v) is 4.03. The van der Waals surface area contributed by atoms with Gasteiger partial charge in [0.15, 0.2) is 0 Å². The van der Waals surface area contributed by atoms with E-state index in [0.29, 0.717) is 37.9 Å². The van der Waals surface area contributed by atoms with E-state index in [9.17, 15) is 18.4 Å². The molecule has 7 heteroatoms. The number of amides is 2. The van der Waals surface area contributed by atoms with Crippen molar-refractivity contribution in [3.05, 3.63) is 35.4 Å². The van der Waals surface area contributed by atoms with Crippen molar-refractivity contribution in [3.8, 4) is 0 Å². The minimum absolute atomic E-state index is 0.0998. The number of hydrogen-bond acceptors (Lipinski definition) is 2. The summed E-state index contributed by atoms with van der Waals surface area (Å²) in [7, 11) is 0. The van der Waals surface area contributed by atoms with Crippen molar-refractivity contribution in [2.24, 2.45) is 5.92 Å². The Kier molecular flexibility index (Phi) is 5.90. The second-order valence-corrected chi connectivity index (χ2v) is 5.75. The normalized spacial score (nSPS) is 15.5. The number of rotatable bonds is 5. The van der Waals surface area contributed by atoms with Gasteiger partial charge in [-0.3, -0.25) is 4.79 Å². The fraction of sp³-hybridized carbons (Fsp3) is 0.500. The second kappa shape index (κ2) is 7.89. The van der Waals surface area contributed by atoms with Crippen molar-refractivity contribution in [1.29, 1.82) is 0 Å². The molecule has 1 fully saturated rings. The number of urea groups is 1. The Morgan fingerprint density at radius 3 is 2.61 bits per heavy atom. The molecule has 0 atom stereocenters. The van der Waals surface area contributed by atoms with Gasteiger partial charge in [-0.25, -0.2) is 13.6 Å². The van der Waals surface area contributed by atoms with Gasteiger partial charge < -0.3 is 15.3 Å². The summed E-state index contributed by atoms with van der Waals surface area (Å²) in [6.07, 6.45) is 1.77. The molecule has 23 heavy (non-hydrogen) atoms. The van der Waals surface area contributed by atoms with Gasteiger partial charge in [-0.15, -0.1) is 0 Å². The topological polar surface area (TPSA) is 69.6 Å². The maximum atomic E-state index is 13.6. The Hall–Kier alpha value is -2.18. The van der Waals surface area contributed by atoms with E-state index in [1.165, 1.54) is 6.07 Å². The van der Waals surface area contributed by atoms with E-state index >= 15 is 0 Å². The van der Waals surface area contributed by atoms with Gasteiger partial charge in [0.2, 0.25) is 0 Å². The van der Waals surface area contributed by atoms with Crippen molar-refractivity contribution in [2.45, 2.75) is 25.7 Å². The van der Waals surface area contributed by atoms with Crippen molar-refractivity contribution in [2.75, 3.05) is 19.6 Å². The van der Waals surface area contributed by atoms with E-state index in [2.05, 4.69) is 5.32 Å². The summed E-state index contributed by atoms with van der Waals surface area (Å²) in [5, 5.41) is 11.1. The molecule has 0 saturated carbocycles. The highest BCUT2D eigenvalue weighted by Gasteiger charge is 2.23. The quantitative estimate of drug-likeness (QED) is 0.873. The van der Waals surface area contributed by atoms with Crippen LogP contribution in [0.4, 0.5) is 13.6 Å². The lowest BCUT2D eigenvalue weighted by molar-refractivity contribution is -0.136. The Balaban J connectivity index is 1.78. The standard InChI is InChI=1S/C16H20F2N2O3/c17-13-1-2-14(18)12(10-13)9-11-4-7-20(8-5-11)16(23)19-6-3-15(21)22/h1-2,10-11H,3-9H2,(H,19,23)(H,21,22). The van der Waals surface area contributed by atoms with Crippen LogP contribution in [0.15, 0.2) is 18.2 Å². The van der Waals surface area contributed by atoms with Gasteiger partial charge in [0.1, 0.15) is 11.6 Å². The van der Waals surface area contributed by atoms with Crippen LogP contribution in [0.25, 0.3) is 0 Å². The molecule has 2 N–H and O–H groups in total. The molecule has 126 valence electrons. The monoisotopic (exact) mass is 326 g/mol. The highest BCUT2D eigenvalue weighted by molar-refractivity contribution is 5.75. The van der Waals surface area contributed by atoms with Crippen LogP contribution < -0.4 is 5.32 Å². The number of carboxylic acids is 1. The second-order valence-electron chi connectivity index (χ2n) is 5.75. The van der Waals surface area contributed by atoms with Gasteiger partial charge in [0.05, 0.1) is 6.42 Å². The molecule has 1 heterocycles. The molecule has 0 unspecified atom stereocenters. The lowest BCUT2D eigenvalue weighted by atomic mass is 9.90. The maximum absolute atomic E-state index is 13.6. The SMILES string of the molecule is O=C(O)CCNC(=O)N1CCC(Cc2cc(F)ccc2F)CC1. The zero-order valence-electron chi connectivity index (χ0n) is 12.7. The van der Waals surface area contributed by atoms with E-state index < -0.39 is 17.6 Å². The van der Waals surface area contributed by atoms with Gasteiger partial charge in [0.25, 0.3) is 0 Å². The summed E-state index contributed by atoms with van der Waals surface area (Å²) in [6, 6.07) is 3.18. The molecular weight excluding hydrogens is 306 g/mol. The number of halogens is 2. The van der Waals surface area contributed by atoms with Crippen LogP contribution in [0.3, 0.4) is 0 Å². The molecule has 5 nitrogen and oxygen atoms in total. The van der Waals surface area contributed by atoms with Crippen molar-refractivity contribution >= 4 is 12.0 Å². The number of piperidine rings is 1. The van der Waals surface area contributed by atoms with Crippen LogP contribution in [-0.4, -0.2) is 41.6 Å². The summed E-state index contributed by atoms with van der Waals surface area (Å²) >= 11 is 0. The number of aliphatic carboxylic acids is 1. The fourth-order valence-electron chi connectivity index (χ4n) is 2.74. The lowest BCUT2D eigenvalue weighted by Crippen LogP contribution is -2.45. The largest absolute Gasteiger partial charge is 0.481 e. The summed E-state index contributed by atoms with van der Waals surface area (Å²) in [5.41, 5.74) is 0.370. The molecule has 0 radical (unpaired) electrons. The van der Waals surface area contributed by atoms with Crippen LogP contribution >= 0.6 is 0 Å². The summed E-state index contributed by atoms with van der Waals surface area (Å²) in [6.45, 7) is 1.16. The molecule has 0 aliphatic carbocycles. The Morgan fingerprint density at radius 2 is 1.96 bits per heavy atom. The van der Waals surface area contributed by atoms with E-state index in [0.717, 1.165) is 12.1 Å². The number of carbonyl (C=O) groups is 2. The van der Waals surface area contributed by atoms with Crippen LogP contribution in [0.5, 0.6) is 0 Å². The van der Waals surface area contributed by atoms with Gasteiger partial charge in [0, 0.05) is 19.6 Å². The average molecular weight is 326 g/mol. The van der Waals surface area contributed by atoms with E-state index in [4.69, 9.17) is 5.11 Å². The summed E-state index contributed by atoms with van der Waals surface area (Å²) < 4.78 is 26.8. The Labute approximate surface area is 133 Å². The summed E-state index contributed by atoms with van der Waals surface area (Å²) in [4.78, 5) is 23.9. The molecular formula is C16H20F2N2O3. The van der Waals surface area contributed by atoms with Gasteiger partial charge in [-0.2, -0.15) is 0 Å². The summed E-state index contributed by atoms with van der Waals surface area (Å²) in [5.74, 6) is -1.60. The number of hydrogen-bond donors (Lipinski definition) is 2. The molecule has 1 aliphatic rings. The molecule has 0 aromatic heterocycles. The molecule has 1 aromatic carbocycles. The number of nitrogens with one attached hydrogen (secondary N) is 1. The van der Waals surface area contributed by atoms with Crippen molar-refractivity contribution < 1.29 is 23.5 Å². The van der Waals surface area contributed by atoms with Crippen molar-refractivity contribution in [3.63, 3.8) is 0 Å². The first kappa shape index (κ1) is 17.2. The van der Waals surface area contributed by atoms with Gasteiger partial charge in [-0.05, 0) is 48.9 Å². The van der Waals surface area contributed by atoms with Crippen LogP contribution in [0.1, 0.15) is 24.8 Å². The maximum Gasteiger partial charge on any atom is 0.317 e. The molecule has 2 rings (SSSR count). The number of carboxylic acid groups (broad SMARTS) is 1. The predicted molar refractivity (Wildman–Crippen MR) is 80.0 cm³/mol. The molecule has 1 aromatic rings. The smallest absolute Gasteiger partial charge is 0.317 e. The minimum atomic E-state index is -0.957. The number of benzene rings is 1. The van der Waals surface area contributed by atoms with E-state index in [-0.39, 0.29) is 24.9 Å². The first-order chi connectivity index (χ1) is 11.0. The molecule has 0 spiro atoms. The third-order valence-electron chi connectivity index (χ3n) is 4.03. The van der Waals surface area contributed by atoms with Crippen LogP contribution in [-0.2, 0) is 11.2 Å². The first-order valence-corrected chi connectivity index (χ1v) is 7.64. The van der Waals surface area contributed by atoms with E-state index in [1.54, 1.807) is 4.90 Å². The lowest BCUT2D eigenvalue weighted by Gasteiger charge is -2.32. The zero-order valence-corrected chi connectivity index (χ0v) is 12.7. The average Bonchev–Trinajstić information content (AvgIpc) is 2.51. The Morgan fingerprint density at radius 1 is 1.26 bits per heavy atom. The number of carbonyl (C=O) groups excluding carboxylic acids is 1. The highest BCUT2D eigenvalue weighted by atomic mass is 19.1. The molecule has 0 bridgehead atoms. The van der Waals surface area contributed by atoms with Crippen molar-refractivity contribution in [1.82, 2.24) is 10.2 Å². The first-order valence-electron chi connectivity index (χ1n) is 7.64. The molecule has 1 aliphatic heterocycles. The van der Waals surface area contributed by atoms with Crippen LogP contribution in [0, 0.1) is 17.6 Å².